The topological polar surface area (TPSA) is 64.1 Å². The van der Waals surface area contributed by atoms with Crippen LogP contribution in [0.4, 0.5) is 0 Å². The minimum absolute atomic E-state index is 0.00407. The zero-order valence-corrected chi connectivity index (χ0v) is 8.13. The van der Waals surface area contributed by atoms with Crippen molar-refractivity contribution >= 4 is 16.1 Å². The molecule has 0 bridgehead atoms. The van der Waals surface area contributed by atoms with Crippen LogP contribution in [-0.4, -0.2) is 25.9 Å². The lowest BCUT2D eigenvalue weighted by atomic mass is 10.2. The van der Waals surface area contributed by atoms with Gasteiger partial charge in [-0.1, -0.05) is 0 Å². The standard InChI is InChI=1S/C8H9NO3S/c1-6-3-8(13(2,11)12)9-4-7(6)5-10/h3-5H,1-2H3. The first kappa shape index (κ1) is 9.85. The molecule has 1 rings (SSSR count). The molecule has 0 amide bonds. The molecule has 0 aliphatic heterocycles. The van der Waals surface area contributed by atoms with Gasteiger partial charge in [-0.15, -0.1) is 0 Å². The first-order chi connectivity index (χ1) is 5.95. The summed E-state index contributed by atoms with van der Waals surface area (Å²) >= 11 is 0. The Bertz CT molecular complexity index is 437. The Hall–Kier alpha value is -1.23. The Kier molecular flexibility index (Phi) is 2.47. The molecule has 0 atom stereocenters. The Balaban J connectivity index is 3.34. The summed E-state index contributed by atoms with van der Waals surface area (Å²) in [4.78, 5) is 14.1. The van der Waals surface area contributed by atoms with Gasteiger partial charge in [0.15, 0.2) is 21.1 Å². The van der Waals surface area contributed by atoms with E-state index < -0.39 is 9.84 Å². The molecule has 0 N–H and O–H groups in total. The summed E-state index contributed by atoms with van der Waals surface area (Å²) in [6.07, 6.45) is 2.99. The van der Waals surface area contributed by atoms with Gasteiger partial charge in [0.25, 0.3) is 0 Å². The van der Waals surface area contributed by atoms with E-state index in [1.54, 1.807) is 6.92 Å². The molecule has 1 aromatic rings. The van der Waals surface area contributed by atoms with Gasteiger partial charge in [0.05, 0.1) is 0 Å². The van der Waals surface area contributed by atoms with Crippen LogP contribution in [0.3, 0.4) is 0 Å². The van der Waals surface area contributed by atoms with Crippen LogP contribution in [0, 0.1) is 6.92 Å². The number of carbonyl (C=O) groups is 1. The van der Waals surface area contributed by atoms with E-state index in [4.69, 9.17) is 0 Å². The molecule has 0 saturated carbocycles. The number of aryl methyl sites for hydroxylation is 1. The van der Waals surface area contributed by atoms with Crippen molar-refractivity contribution in [2.75, 3.05) is 6.26 Å². The summed E-state index contributed by atoms with van der Waals surface area (Å²) in [7, 11) is -3.28. The minimum Gasteiger partial charge on any atom is -0.298 e. The number of nitrogens with zero attached hydrogens (tertiary/aromatic N) is 1. The van der Waals surface area contributed by atoms with Crippen molar-refractivity contribution in [1.82, 2.24) is 4.98 Å². The summed E-state index contributed by atoms with van der Waals surface area (Å²) in [5.41, 5.74) is 1.03. The molecular weight excluding hydrogens is 190 g/mol. The lowest BCUT2D eigenvalue weighted by Crippen LogP contribution is -2.02. The number of aldehydes is 1. The van der Waals surface area contributed by atoms with Gasteiger partial charge in [-0.05, 0) is 18.6 Å². The fraction of sp³-hybridized carbons (Fsp3) is 0.250. The summed E-state index contributed by atoms with van der Waals surface area (Å²) in [5.74, 6) is 0. The average molecular weight is 199 g/mol. The zero-order valence-electron chi connectivity index (χ0n) is 7.31. The molecule has 0 spiro atoms. The highest BCUT2D eigenvalue weighted by Crippen LogP contribution is 2.10. The van der Waals surface area contributed by atoms with E-state index in [-0.39, 0.29) is 5.03 Å². The van der Waals surface area contributed by atoms with E-state index in [0.717, 1.165) is 6.26 Å². The maximum Gasteiger partial charge on any atom is 0.192 e. The van der Waals surface area contributed by atoms with Crippen LogP contribution in [0.2, 0.25) is 0 Å². The van der Waals surface area contributed by atoms with E-state index in [0.29, 0.717) is 17.4 Å². The first-order valence-electron chi connectivity index (χ1n) is 3.57. The highest BCUT2D eigenvalue weighted by Gasteiger charge is 2.09. The molecule has 0 aromatic carbocycles. The van der Waals surface area contributed by atoms with Gasteiger partial charge in [0, 0.05) is 18.0 Å². The fourth-order valence-corrected chi connectivity index (χ4v) is 1.50. The van der Waals surface area contributed by atoms with Gasteiger partial charge in [0.1, 0.15) is 0 Å². The Morgan fingerprint density at radius 1 is 1.46 bits per heavy atom. The molecule has 1 aromatic heterocycles. The van der Waals surface area contributed by atoms with Gasteiger partial charge in [-0.25, -0.2) is 13.4 Å². The number of sulfone groups is 1. The Morgan fingerprint density at radius 3 is 2.46 bits per heavy atom. The number of rotatable bonds is 2. The zero-order chi connectivity index (χ0) is 10.1. The second kappa shape index (κ2) is 3.26. The molecule has 0 aliphatic rings. The average Bonchev–Trinajstić information content (AvgIpc) is 2.02. The molecule has 0 aliphatic carbocycles. The number of hydrogen-bond donors (Lipinski definition) is 0. The van der Waals surface area contributed by atoms with E-state index in [9.17, 15) is 13.2 Å². The van der Waals surface area contributed by atoms with Crippen LogP contribution in [0.25, 0.3) is 0 Å². The van der Waals surface area contributed by atoms with Gasteiger partial charge >= 0.3 is 0 Å². The lowest BCUT2D eigenvalue weighted by molar-refractivity contribution is 0.112. The molecule has 5 heteroatoms. The van der Waals surface area contributed by atoms with E-state index >= 15 is 0 Å². The van der Waals surface area contributed by atoms with Crippen LogP contribution in [-0.2, 0) is 9.84 Å². The summed E-state index contributed by atoms with van der Waals surface area (Å²) in [6.45, 7) is 1.67. The van der Waals surface area contributed by atoms with Crippen LogP contribution in [0.1, 0.15) is 15.9 Å². The normalized spacial score (nSPS) is 11.2. The van der Waals surface area contributed by atoms with Crippen molar-refractivity contribution in [1.29, 1.82) is 0 Å². The van der Waals surface area contributed by atoms with Crippen LogP contribution in [0.5, 0.6) is 0 Å². The molecule has 0 fully saturated rings. The highest BCUT2D eigenvalue weighted by molar-refractivity contribution is 7.90. The highest BCUT2D eigenvalue weighted by atomic mass is 32.2. The van der Waals surface area contributed by atoms with Crippen molar-refractivity contribution < 1.29 is 13.2 Å². The van der Waals surface area contributed by atoms with Gasteiger partial charge in [0.2, 0.25) is 0 Å². The molecule has 1 heterocycles. The SMILES string of the molecule is Cc1cc(S(C)(=O)=O)ncc1C=O. The smallest absolute Gasteiger partial charge is 0.192 e. The maximum absolute atomic E-state index is 11.0. The molecule has 0 radical (unpaired) electrons. The number of carbonyl (C=O) groups excluding carboxylic acids is 1. The quantitative estimate of drug-likeness (QED) is 0.654. The van der Waals surface area contributed by atoms with Crippen LogP contribution < -0.4 is 0 Å². The van der Waals surface area contributed by atoms with Gasteiger partial charge < -0.3 is 0 Å². The Labute approximate surface area is 76.5 Å². The third kappa shape index (κ3) is 2.12. The minimum atomic E-state index is -3.28. The second-order valence-electron chi connectivity index (χ2n) is 2.77. The number of hydrogen-bond acceptors (Lipinski definition) is 4. The summed E-state index contributed by atoms with van der Waals surface area (Å²) in [6, 6.07) is 1.39. The Morgan fingerprint density at radius 2 is 2.08 bits per heavy atom. The largest absolute Gasteiger partial charge is 0.298 e. The predicted molar refractivity (Wildman–Crippen MR) is 47.5 cm³/mol. The molecule has 70 valence electrons. The molecule has 0 unspecified atom stereocenters. The van der Waals surface area contributed by atoms with Crippen LogP contribution in [0.15, 0.2) is 17.3 Å². The third-order valence-corrected chi connectivity index (χ3v) is 2.62. The van der Waals surface area contributed by atoms with Crippen molar-refractivity contribution in [3.63, 3.8) is 0 Å². The second-order valence-corrected chi connectivity index (χ2v) is 4.73. The fourth-order valence-electron chi connectivity index (χ4n) is 0.867. The number of pyridine rings is 1. The lowest BCUT2D eigenvalue weighted by Gasteiger charge is -2.00. The van der Waals surface area contributed by atoms with Gasteiger partial charge in [-0.2, -0.15) is 0 Å². The van der Waals surface area contributed by atoms with Crippen molar-refractivity contribution in [3.05, 3.63) is 23.4 Å². The molecular formula is C8H9NO3S. The monoisotopic (exact) mass is 199 g/mol. The van der Waals surface area contributed by atoms with E-state index in [1.165, 1.54) is 12.3 Å². The van der Waals surface area contributed by atoms with E-state index in [2.05, 4.69) is 4.98 Å². The van der Waals surface area contributed by atoms with Gasteiger partial charge in [-0.3, -0.25) is 4.79 Å². The molecule has 13 heavy (non-hydrogen) atoms. The van der Waals surface area contributed by atoms with Crippen molar-refractivity contribution in [3.8, 4) is 0 Å². The van der Waals surface area contributed by atoms with Crippen molar-refractivity contribution in [2.45, 2.75) is 11.9 Å². The maximum atomic E-state index is 11.0. The summed E-state index contributed by atoms with van der Waals surface area (Å²) < 4.78 is 22.1. The first-order valence-corrected chi connectivity index (χ1v) is 5.46. The number of aromatic nitrogens is 1. The summed E-state index contributed by atoms with van der Waals surface area (Å²) in [5, 5.41) is -0.00407. The van der Waals surface area contributed by atoms with E-state index in [1.807, 2.05) is 0 Å². The molecule has 0 saturated heterocycles. The van der Waals surface area contributed by atoms with Crippen molar-refractivity contribution in [2.24, 2.45) is 0 Å². The van der Waals surface area contributed by atoms with Crippen LogP contribution >= 0.6 is 0 Å². The molecule has 4 nitrogen and oxygen atoms in total. The predicted octanol–water partition coefficient (Wildman–Crippen LogP) is 0.606. The third-order valence-electron chi connectivity index (χ3n) is 1.63.